The molecule has 4 unspecified atom stereocenters. The SMILES string of the molecule is CCOC(=O)C(C(=O)C12CC(CC(=O)c3ccccc3)C1OC2=O)c1cccc2oc3ccccc3c(=S)c12. The Balaban J connectivity index is 1.39. The lowest BCUT2D eigenvalue weighted by Crippen LogP contribution is -2.73. The third-order valence-electron chi connectivity index (χ3n) is 7.81. The summed E-state index contributed by atoms with van der Waals surface area (Å²) in [6, 6.07) is 21.2. The van der Waals surface area contributed by atoms with Crippen LogP contribution in [-0.4, -0.2) is 36.2 Å². The summed E-state index contributed by atoms with van der Waals surface area (Å²) in [4.78, 5) is 53.2. The van der Waals surface area contributed by atoms with E-state index in [-0.39, 0.29) is 31.1 Å². The number of ketones is 2. The topological polar surface area (TPSA) is 99.9 Å². The highest BCUT2D eigenvalue weighted by molar-refractivity contribution is 7.72. The van der Waals surface area contributed by atoms with Gasteiger partial charge in [-0.25, -0.2) is 0 Å². The number of para-hydroxylation sites is 1. The third kappa shape index (κ3) is 3.81. The molecule has 1 aliphatic heterocycles. The van der Waals surface area contributed by atoms with E-state index in [1.54, 1.807) is 55.5 Å². The van der Waals surface area contributed by atoms with Crippen LogP contribution < -0.4 is 0 Å². The Kier molecular flexibility index (Phi) is 6.14. The van der Waals surface area contributed by atoms with Crippen molar-refractivity contribution in [3.05, 3.63) is 88.4 Å². The molecule has 1 aromatic heterocycles. The standard InChI is InChI=1S/C31H24O7S/c1-2-36-29(34)25(20-12-8-14-23-24(20)26(39)19-11-6-7-13-22(19)37-23)27(33)31-16-18(28(31)38-30(31)35)15-21(32)17-9-4-3-5-10-17/h3-14,18,25,28H,2,15-16H2,1H3. The van der Waals surface area contributed by atoms with Gasteiger partial charge in [0, 0.05) is 28.7 Å². The van der Waals surface area contributed by atoms with Gasteiger partial charge in [0.15, 0.2) is 17.0 Å². The third-order valence-corrected chi connectivity index (χ3v) is 8.24. The van der Waals surface area contributed by atoms with Gasteiger partial charge in [-0.2, -0.15) is 0 Å². The molecule has 1 saturated heterocycles. The minimum Gasteiger partial charge on any atom is -0.465 e. The van der Waals surface area contributed by atoms with E-state index in [2.05, 4.69) is 0 Å². The first-order valence-electron chi connectivity index (χ1n) is 12.8. The molecule has 3 aromatic carbocycles. The van der Waals surface area contributed by atoms with E-state index in [0.717, 1.165) is 0 Å². The molecule has 2 fully saturated rings. The van der Waals surface area contributed by atoms with Crippen LogP contribution in [-0.2, 0) is 23.9 Å². The van der Waals surface area contributed by atoms with Gasteiger partial charge in [-0.3, -0.25) is 19.2 Å². The van der Waals surface area contributed by atoms with Gasteiger partial charge in [-0.15, -0.1) is 0 Å². The molecule has 0 bridgehead atoms. The second-order valence-electron chi connectivity index (χ2n) is 9.95. The predicted molar refractivity (Wildman–Crippen MR) is 145 cm³/mol. The molecular formula is C31H24O7S. The van der Waals surface area contributed by atoms with Gasteiger partial charge >= 0.3 is 11.9 Å². The number of hydrogen-bond acceptors (Lipinski definition) is 8. The van der Waals surface area contributed by atoms with Gasteiger partial charge in [0.25, 0.3) is 0 Å². The number of carbonyl (C=O) groups is 4. The molecule has 0 spiro atoms. The Morgan fingerprint density at radius 1 is 1.00 bits per heavy atom. The Labute approximate surface area is 228 Å². The van der Waals surface area contributed by atoms with Crippen LogP contribution in [0.4, 0.5) is 0 Å². The molecule has 6 rings (SSSR count). The van der Waals surface area contributed by atoms with Gasteiger partial charge < -0.3 is 13.9 Å². The Bertz CT molecular complexity index is 1720. The van der Waals surface area contributed by atoms with Crippen LogP contribution in [0, 0.1) is 15.8 Å². The fraction of sp³-hybridized carbons (Fsp3) is 0.258. The van der Waals surface area contributed by atoms with Gasteiger partial charge in [0.1, 0.15) is 23.2 Å². The fourth-order valence-corrected chi connectivity index (χ4v) is 6.30. The zero-order chi connectivity index (χ0) is 27.3. The maximum Gasteiger partial charge on any atom is 0.323 e. The van der Waals surface area contributed by atoms with Gasteiger partial charge in [-0.1, -0.05) is 66.8 Å². The summed E-state index contributed by atoms with van der Waals surface area (Å²) in [5.41, 5.74) is 0.380. The van der Waals surface area contributed by atoms with Crippen molar-refractivity contribution in [3.63, 3.8) is 0 Å². The van der Waals surface area contributed by atoms with E-state index < -0.39 is 35.2 Å². The van der Waals surface area contributed by atoms with Crippen molar-refractivity contribution in [3.8, 4) is 0 Å². The van der Waals surface area contributed by atoms with Crippen LogP contribution >= 0.6 is 12.2 Å². The van der Waals surface area contributed by atoms with Gasteiger partial charge in [0.05, 0.1) is 11.1 Å². The highest BCUT2D eigenvalue weighted by Gasteiger charge is 2.75. The molecule has 8 heteroatoms. The number of rotatable bonds is 8. The monoisotopic (exact) mass is 540 g/mol. The van der Waals surface area contributed by atoms with Crippen LogP contribution in [0.5, 0.6) is 0 Å². The number of carbonyl (C=O) groups excluding carboxylic acids is 4. The summed E-state index contributed by atoms with van der Waals surface area (Å²) in [7, 11) is 0. The van der Waals surface area contributed by atoms with Crippen molar-refractivity contribution in [2.45, 2.75) is 31.8 Å². The zero-order valence-corrected chi connectivity index (χ0v) is 21.9. The zero-order valence-electron chi connectivity index (χ0n) is 21.0. The summed E-state index contributed by atoms with van der Waals surface area (Å²) in [6.07, 6.45) is -0.510. The Morgan fingerprint density at radius 2 is 1.72 bits per heavy atom. The summed E-state index contributed by atoms with van der Waals surface area (Å²) in [5, 5.41) is 1.12. The molecule has 196 valence electrons. The highest BCUT2D eigenvalue weighted by atomic mass is 32.1. The second kappa shape index (κ2) is 9.54. The maximum absolute atomic E-state index is 14.2. The Hall–Kier alpha value is -4.17. The van der Waals surface area contributed by atoms with Gasteiger partial charge in [-0.05, 0) is 37.1 Å². The lowest BCUT2D eigenvalue weighted by molar-refractivity contribution is -0.248. The van der Waals surface area contributed by atoms with Crippen LogP contribution in [0.15, 0.2) is 77.2 Å². The molecule has 39 heavy (non-hydrogen) atoms. The highest BCUT2D eigenvalue weighted by Crippen LogP contribution is 2.60. The number of esters is 2. The molecule has 1 aliphatic carbocycles. The average Bonchev–Trinajstić information content (AvgIpc) is 2.94. The molecular weight excluding hydrogens is 516 g/mol. The first-order valence-corrected chi connectivity index (χ1v) is 13.2. The maximum atomic E-state index is 14.2. The van der Waals surface area contributed by atoms with Crippen LogP contribution in [0.2, 0.25) is 0 Å². The molecule has 7 nitrogen and oxygen atoms in total. The molecule has 2 aliphatic rings. The number of Topliss-reactive ketones (excluding diaryl/α,β-unsaturated/α-hetero) is 2. The van der Waals surface area contributed by atoms with Crippen molar-refractivity contribution >= 4 is 57.7 Å². The van der Waals surface area contributed by atoms with Crippen LogP contribution in [0.1, 0.15) is 41.6 Å². The lowest BCUT2D eigenvalue weighted by atomic mass is 9.50. The largest absolute Gasteiger partial charge is 0.465 e. The number of fused-ring (bicyclic) bond motifs is 3. The van der Waals surface area contributed by atoms with Crippen LogP contribution in [0.25, 0.3) is 21.9 Å². The lowest BCUT2D eigenvalue weighted by Gasteiger charge is -2.59. The smallest absolute Gasteiger partial charge is 0.323 e. The average molecular weight is 541 g/mol. The quantitative estimate of drug-likeness (QED) is 0.0918. The fourth-order valence-electron chi connectivity index (χ4n) is 5.91. The molecule has 0 amide bonds. The van der Waals surface area contributed by atoms with Crippen molar-refractivity contribution < 1.29 is 33.1 Å². The second-order valence-corrected chi connectivity index (χ2v) is 10.4. The minimum absolute atomic E-state index is 0.0521. The van der Waals surface area contributed by atoms with E-state index in [1.807, 2.05) is 24.3 Å². The molecule has 2 heterocycles. The van der Waals surface area contributed by atoms with Crippen molar-refractivity contribution in [1.29, 1.82) is 0 Å². The minimum atomic E-state index is -1.50. The van der Waals surface area contributed by atoms with E-state index in [4.69, 9.17) is 26.1 Å². The molecule has 4 aromatic rings. The van der Waals surface area contributed by atoms with Crippen molar-refractivity contribution in [2.75, 3.05) is 6.61 Å². The number of hydrogen-bond donors (Lipinski definition) is 0. The number of ether oxygens (including phenoxy) is 2. The van der Waals surface area contributed by atoms with Gasteiger partial charge in [0.2, 0.25) is 0 Å². The summed E-state index contributed by atoms with van der Waals surface area (Å²) in [6.45, 7) is 1.70. The molecule has 1 saturated carbocycles. The summed E-state index contributed by atoms with van der Waals surface area (Å²) in [5.74, 6) is -3.86. The summed E-state index contributed by atoms with van der Waals surface area (Å²) < 4.78 is 17.2. The number of benzene rings is 3. The normalized spacial score (nSPS) is 22.2. The molecule has 0 radical (unpaired) electrons. The van der Waals surface area contributed by atoms with E-state index >= 15 is 0 Å². The van der Waals surface area contributed by atoms with E-state index in [0.29, 0.717) is 37.6 Å². The van der Waals surface area contributed by atoms with Crippen LogP contribution in [0.3, 0.4) is 0 Å². The predicted octanol–water partition coefficient (Wildman–Crippen LogP) is 5.74. The van der Waals surface area contributed by atoms with Crippen molar-refractivity contribution in [2.24, 2.45) is 11.3 Å². The molecule has 0 N–H and O–H groups in total. The molecule has 4 atom stereocenters. The Morgan fingerprint density at radius 3 is 2.44 bits per heavy atom. The first-order chi connectivity index (χ1) is 18.9. The first kappa shape index (κ1) is 25.1. The van der Waals surface area contributed by atoms with Crippen molar-refractivity contribution in [1.82, 2.24) is 0 Å². The van der Waals surface area contributed by atoms with E-state index in [9.17, 15) is 19.2 Å². The summed E-state index contributed by atoms with van der Waals surface area (Å²) >= 11 is 5.80. The van der Waals surface area contributed by atoms with E-state index in [1.165, 1.54) is 0 Å².